The van der Waals surface area contributed by atoms with E-state index in [9.17, 15) is 5.11 Å². The zero-order chi connectivity index (χ0) is 23.5. The van der Waals surface area contributed by atoms with Crippen molar-refractivity contribution in [3.05, 3.63) is 51.1 Å². The minimum atomic E-state index is 0.331. The van der Waals surface area contributed by atoms with E-state index in [1.165, 1.54) is 37.7 Å². The van der Waals surface area contributed by atoms with Crippen LogP contribution in [0.25, 0.3) is 29.2 Å². The molecule has 0 aliphatic heterocycles. The van der Waals surface area contributed by atoms with Gasteiger partial charge in [0.05, 0.1) is 16.3 Å². The minimum absolute atomic E-state index is 0.331. The lowest BCUT2D eigenvalue weighted by atomic mass is 9.84. The standard InChI is InChI=1S/C27H35BrN3OP/c1-17(2)22(16-33)13-14-24(32)25-26(28)30-31-18(3)15-23(29-27(25)31)21-11-9-20(10-12-21)19-7-5-4-6-8-19/h9-12,15,17,19,22,32H,3-8,13-14,16,33H2,1-2H3. The van der Waals surface area contributed by atoms with Crippen LogP contribution in [-0.4, -0.2) is 25.9 Å². The first-order valence-electron chi connectivity index (χ1n) is 12.2. The van der Waals surface area contributed by atoms with Crippen LogP contribution < -0.4 is 10.6 Å². The third-order valence-electron chi connectivity index (χ3n) is 7.19. The molecule has 0 amide bonds. The van der Waals surface area contributed by atoms with Gasteiger partial charge < -0.3 is 5.11 Å². The van der Waals surface area contributed by atoms with E-state index in [0.29, 0.717) is 45.4 Å². The zero-order valence-corrected chi connectivity index (χ0v) is 22.5. The average molecular weight is 528 g/mol. The summed E-state index contributed by atoms with van der Waals surface area (Å²) in [6.45, 7) is 8.67. The number of aromatic nitrogens is 3. The SMILES string of the molecule is C=c1cc(-c2ccc(C3CCCCC3)cc2)nc2c(=C(O)CCC(CP)C(C)C)c(Br)nn12. The molecule has 0 saturated heterocycles. The first-order chi connectivity index (χ1) is 15.9. The molecular formula is C27H35BrN3OP. The van der Waals surface area contributed by atoms with Crippen LogP contribution in [0.3, 0.4) is 0 Å². The summed E-state index contributed by atoms with van der Waals surface area (Å²) in [5, 5.41) is 17.0. The van der Waals surface area contributed by atoms with Crippen molar-refractivity contribution in [2.75, 3.05) is 6.16 Å². The molecule has 0 bridgehead atoms. The molecule has 0 radical (unpaired) electrons. The van der Waals surface area contributed by atoms with Gasteiger partial charge in [-0.05, 0) is 70.7 Å². The van der Waals surface area contributed by atoms with Gasteiger partial charge in [-0.15, -0.1) is 9.24 Å². The van der Waals surface area contributed by atoms with Gasteiger partial charge in [0, 0.05) is 12.0 Å². The summed E-state index contributed by atoms with van der Waals surface area (Å²) in [5.74, 6) is 2.15. The number of aliphatic hydroxyl groups excluding tert-OH is 1. The van der Waals surface area contributed by atoms with Crippen molar-refractivity contribution in [2.24, 2.45) is 11.8 Å². The summed E-state index contributed by atoms with van der Waals surface area (Å²) < 4.78 is 2.32. The molecule has 1 aromatic carbocycles. The molecular weight excluding hydrogens is 493 g/mol. The van der Waals surface area contributed by atoms with Crippen molar-refractivity contribution in [2.45, 2.75) is 64.7 Å². The van der Waals surface area contributed by atoms with Gasteiger partial charge in [-0.2, -0.15) is 5.10 Å². The van der Waals surface area contributed by atoms with E-state index < -0.39 is 0 Å². The predicted octanol–water partition coefficient (Wildman–Crippen LogP) is 6.21. The van der Waals surface area contributed by atoms with Crippen LogP contribution in [0.1, 0.15) is 70.3 Å². The highest BCUT2D eigenvalue weighted by Crippen LogP contribution is 2.33. The summed E-state index contributed by atoms with van der Waals surface area (Å²) in [5.41, 5.74) is 3.99. The molecule has 6 heteroatoms. The summed E-state index contributed by atoms with van der Waals surface area (Å²) >= 11 is 3.55. The molecule has 2 atom stereocenters. The number of benzene rings is 1. The summed E-state index contributed by atoms with van der Waals surface area (Å²) in [6, 6.07) is 10.8. The quantitative estimate of drug-likeness (QED) is 0.371. The van der Waals surface area contributed by atoms with Crippen LogP contribution in [0.4, 0.5) is 0 Å². The number of halogens is 1. The second-order valence-electron chi connectivity index (χ2n) is 9.72. The molecule has 4 rings (SSSR count). The van der Waals surface area contributed by atoms with Crippen molar-refractivity contribution >= 4 is 43.2 Å². The minimum Gasteiger partial charge on any atom is -0.511 e. The normalized spacial score (nSPS) is 17.0. The van der Waals surface area contributed by atoms with Crippen LogP contribution in [0.2, 0.25) is 0 Å². The van der Waals surface area contributed by atoms with E-state index in [1.807, 2.05) is 6.07 Å². The Morgan fingerprint density at radius 1 is 1.21 bits per heavy atom. The Kier molecular flexibility index (Phi) is 7.91. The zero-order valence-electron chi connectivity index (χ0n) is 19.7. The Bertz CT molecular complexity index is 1210. The molecule has 33 heavy (non-hydrogen) atoms. The fourth-order valence-corrected chi connectivity index (χ4v) is 6.33. The lowest BCUT2D eigenvalue weighted by molar-refractivity contribution is 0.381. The van der Waals surface area contributed by atoms with Crippen molar-refractivity contribution in [3.8, 4) is 11.3 Å². The second kappa shape index (κ2) is 10.7. The van der Waals surface area contributed by atoms with E-state index in [0.717, 1.165) is 29.2 Å². The fraction of sp³-hybridized carbons (Fsp3) is 0.481. The van der Waals surface area contributed by atoms with E-state index in [-0.39, 0.29) is 0 Å². The Balaban J connectivity index is 1.69. The van der Waals surface area contributed by atoms with Crippen molar-refractivity contribution < 1.29 is 5.11 Å². The number of hydrogen-bond acceptors (Lipinski definition) is 3. The van der Waals surface area contributed by atoms with Crippen LogP contribution in [0, 0.1) is 11.8 Å². The number of hydrogen-bond donors (Lipinski definition) is 1. The largest absolute Gasteiger partial charge is 0.511 e. The van der Waals surface area contributed by atoms with E-state index in [1.54, 1.807) is 4.52 Å². The van der Waals surface area contributed by atoms with Gasteiger partial charge in [-0.3, -0.25) is 0 Å². The lowest BCUT2D eigenvalue weighted by Crippen LogP contribution is -2.18. The molecule has 0 spiro atoms. The van der Waals surface area contributed by atoms with Crippen molar-refractivity contribution in [3.63, 3.8) is 0 Å². The third-order valence-corrected chi connectivity index (χ3v) is 8.35. The van der Waals surface area contributed by atoms with Gasteiger partial charge in [-0.1, -0.05) is 64.0 Å². The van der Waals surface area contributed by atoms with E-state index >= 15 is 0 Å². The molecule has 1 aliphatic carbocycles. The summed E-state index contributed by atoms with van der Waals surface area (Å²) in [4.78, 5) is 4.92. The number of aliphatic hydroxyl groups is 1. The Morgan fingerprint density at radius 2 is 1.91 bits per heavy atom. The van der Waals surface area contributed by atoms with Crippen LogP contribution in [0.5, 0.6) is 0 Å². The van der Waals surface area contributed by atoms with Crippen molar-refractivity contribution in [1.82, 2.24) is 14.6 Å². The molecule has 2 heterocycles. The fourth-order valence-electron chi connectivity index (χ4n) is 4.98. The molecule has 1 N–H and O–H groups in total. The number of fused-ring (bicyclic) bond motifs is 1. The van der Waals surface area contributed by atoms with Gasteiger partial charge in [0.15, 0.2) is 5.65 Å². The first-order valence-corrected chi connectivity index (χ1v) is 13.8. The third kappa shape index (κ3) is 5.35. The van der Waals surface area contributed by atoms with Gasteiger partial charge >= 0.3 is 0 Å². The predicted molar refractivity (Wildman–Crippen MR) is 145 cm³/mol. The maximum Gasteiger partial charge on any atom is 0.168 e. The smallest absolute Gasteiger partial charge is 0.168 e. The molecule has 176 valence electrons. The molecule has 3 aromatic rings. The highest BCUT2D eigenvalue weighted by molar-refractivity contribution is 9.10. The molecule has 4 nitrogen and oxygen atoms in total. The summed E-state index contributed by atoms with van der Waals surface area (Å²) in [7, 11) is 2.84. The second-order valence-corrected chi connectivity index (χ2v) is 10.9. The van der Waals surface area contributed by atoms with Gasteiger partial charge in [0.2, 0.25) is 0 Å². The molecule has 2 unspecified atom stereocenters. The Labute approximate surface area is 207 Å². The van der Waals surface area contributed by atoms with E-state index in [4.69, 9.17) is 4.98 Å². The van der Waals surface area contributed by atoms with Gasteiger partial charge in [0.1, 0.15) is 10.4 Å². The van der Waals surface area contributed by atoms with E-state index in [2.05, 4.69) is 75.0 Å². The van der Waals surface area contributed by atoms with Gasteiger partial charge in [-0.25, -0.2) is 9.50 Å². The first kappa shape index (κ1) is 24.4. The van der Waals surface area contributed by atoms with Crippen LogP contribution in [0.15, 0.2) is 34.9 Å². The summed E-state index contributed by atoms with van der Waals surface area (Å²) in [6.07, 6.45) is 9.19. The molecule has 1 saturated carbocycles. The molecule has 1 fully saturated rings. The Morgan fingerprint density at radius 3 is 2.55 bits per heavy atom. The average Bonchev–Trinajstić information content (AvgIpc) is 3.16. The molecule has 1 aliphatic rings. The topological polar surface area (TPSA) is 50.4 Å². The highest BCUT2D eigenvalue weighted by atomic mass is 79.9. The maximum atomic E-state index is 11.0. The number of nitrogens with zero attached hydrogens (tertiary/aromatic N) is 3. The number of rotatable bonds is 7. The monoisotopic (exact) mass is 527 g/mol. The molecule has 2 aromatic heterocycles. The van der Waals surface area contributed by atoms with Crippen molar-refractivity contribution in [1.29, 1.82) is 0 Å². The maximum absolute atomic E-state index is 11.0. The lowest BCUT2D eigenvalue weighted by Gasteiger charge is -2.22. The van der Waals surface area contributed by atoms with Crippen LogP contribution in [-0.2, 0) is 0 Å². The van der Waals surface area contributed by atoms with Gasteiger partial charge in [0.25, 0.3) is 0 Å². The highest BCUT2D eigenvalue weighted by Gasteiger charge is 2.17. The van der Waals surface area contributed by atoms with Crippen LogP contribution >= 0.6 is 25.2 Å². The Hall–Kier alpha value is -1.71.